The smallest absolute Gasteiger partial charge is 0.226 e. The molecule has 0 radical (unpaired) electrons. The van der Waals surface area contributed by atoms with Crippen LogP contribution in [0.2, 0.25) is 0 Å². The highest BCUT2D eigenvalue weighted by molar-refractivity contribution is 5.69. The highest BCUT2D eigenvalue weighted by Crippen LogP contribution is 2.27. The van der Waals surface area contributed by atoms with E-state index in [9.17, 15) is 0 Å². The van der Waals surface area contributed by atoms with Gasteiger partial charge >= 0.3 is 0 Å². The first-order valence-corrected chi connectivity index (χ1v) is 10.7. The summed E-state index contributed by atoms with van der Waals surface area (Å²) in [6.07, 6.45) is 3.61. The van der Waals surface area contributed by atoms with Gasteiger partial charge in [0, 0.05) is 55.4 Å². The summed E-state index contributed by atoms with van der Waals surface area (Å²) < 4.78 is 0. The number of nitrogens with zero attached hydrogens (tertiary/aromatic N) is 5. The van der Waals surface area contributed by atoms with Crippen LogP contribution in [0.15, 0.2) is 85.2 Å². The van der Waals surface area contributed by atoms with Crippen molar-refractivity contribution in [3.63, 3.8) is 0 Å². The standard InChI is InChI=1S/C26H25N5/c1-20-7-9-21(10-8-20)24-19-25(22-11-13-27-14-12-22)29-26(28-24)31-17-15-30(16-18-31)23-5-3-2-4-6-23/h2-14,19H,15-18H2,1H3. The van der Waals surface area contributed by atoms with Crippen LogP contribution in [0, 0.1) is 6.92 Å². The van der Waals surface area contributed by atoms with Crippen LogP contribution in [-0.4, -0.2) is 41.1 Å². The van der Waals surface area contributed by atoms with Crippen LogP contribution in [0.5, 0.6) is 0 Å². The van der Waals surface area contributed by atoms with Gasteiger partial charge in [-0.2, -0.15) is 0 Å². The molecule has 0 aliphatic carbocycles. The molecule has 2 aromatic heterocycles. The molecule has 1 aliphatic heterocycles. The van der Waals surface area contributed by atoms with Gasteiger partial charge in [0.2, 0.25) is 5.95 Å². The van der Waals surface area contributed by atoms with Gasteiger partial charge in [-0.1, -0.05) is 48.0 Å². The Kier molecular flexibility index (Phi) is 5.31. The molecule has 0 unspecified atom stereocenters. The summed E-state index contributed by atoms with van der Waals surface area (Å²) in [5, 5.41) is 0. The Labute approximate surface area is 183 Å². The number of pyridine rings is 1. The van der Waals surface area contributed by atoms with E-state index in [4.69, 9.17) is 9.97 Å². The van der Waals surface area contributed by atoms with Gasteiger partial charge in [0.15, 0.2) is 0 Å². The fourth-order valence-electron chi connectivity index (χ4n) is 3.92. The lowest BCUT2D eigenvalue weighted by atomic mass is 10.1. The van der Waals surface area contributed by atoms with Gasteiger partial charge in [-0.3, -0.25) is 4.98 Å². The van der Waals surface area contributed by atoms with E-state index >= 15 is 0 Å². The first-order valence-electron chi connectivity index (χ1n) is 10.7. The van der Waals surface area contributed by atoms with E-state index in [1.54, 1.807) is 12.4 Å². The molecule has 5 nitrogen and oxygen atoms in total. The number of piperazine rings is 1. The van der Waals surface area contributed by atoms with Gasteiger partial charge in [0.25, 0.3) is 0 Å². The predicted octanol–water partition coefficient (Wildman–Crippen LogP) is 4.84. The summed E-state index contributed by atoms with van der Waals surface area (Å²) in [6.45, 7) is 5.79. The number of rotatable bonds is 4. The minimum atomic E-state index is 0.789. The van der Waals surface area contributed by atoms with Crippen molar-refractivity contribution in [2.24, 2.45) is 0 Å². The van der Waals surface area contributed by atoms with E-state index in [0.717, 1.165) is 54.6 Å². The second-order valence-corrected chi connectivity index (χ2v) is 7.85. The van der Waals surface area contributed by atoms with Crippen molar-refractivity contribution in [1.82, 2.24) is 15.0 Å². The fourth-order valence-corrected chi connectivity index (χ4v) is 3.92. The van der Waals surface area contributed by atoms with Crippen molar-refractivity contribution in [2.75, 3.05) is 36.0 Å². The quantitative estimate of drug-likeness (QED) is 0.484. The Hall–Kier alpha value is -3.73. The normalized spacial score (nSPS) is 14.0. The van der Waals surface area contributed by atoms with Crippen LogP contribution in [0.3, 0.4) is 0 Å². The average Bonchev–Trinajstić information content (AvgIpc) is 2.85. The third kappa shape index (κ3) is 4.26. The molecular weight excluding hydrogens is 382 g/mol. The maximum atomic E-state index is 4.96. The SMILES string of the molecule is Cc1ccc(-c2cc(-c3ccncc3)nc(N3CCN(c4ccccc4)CC3)n2)cc1. The Morgan fingerprint density at radius 1 is 0.645 bits per heavy atom. The average molecular weight is 408 g/mol. The number of benzene rings is 2. The first kappa shape index (κ1) is 19.2. The summed E-state index contributed by atoms with van der Waals surface area (Å²) in [7, 11) is 0. The van der Waals surface area contributed by atoms with Crippen molar-refractivity contribution >= 4 is 11.6 Å². The number of para-hydroxylation sites is 1. The fraction of sp³-hybridized carbons (Fsp3) is 0.192. The van der Waals surface area contributed by atoms with Gasteiger partial charge in [-0.25, -0.2) is 9.97 Å². The van der Waals surface area contributed by atoms with Gasteiger partial charge < -0.3 is 9.80 Å². The number of aryl methyl sites for hydroxylation is 1. The van der Waals surface area contributed by atoms with E-state index in [1.165, 1.54) is 11.3 Å². The molecule has 2 aromatic carbocycles. The third-order valence-corrected chi connectivity index (χ3v) is 5.72. The molecule has 0 saturated carbocycles. The molecule has 5 heteroatoms. The Morgan fingerprint density at radius 2 is 1.23 bits per heavy atom. The minimum absolute atomic E-state index is 0.789. The van der Waals surface area contributed by atoms with Crippen LogP contribution in [0.1, 0.15) is 5.56 Å². The summed E-state index contributed by atoms with van der Waals surface area (Å²) >= 11 is 0. The lowest BCUT2D eigenvalue weighted by Gasteiger charge is -2.36. The Morgan fingerprint density at radius 3 is 1.87 bits per heavy atom. The number of anilines is 2. The summed E-state index contributed by atoms with van der Waals surface area (Å²) in [5.41, 5.74) is 6.54. The topological polar surface area (TPSA) is 45.2 Å². The van der Waals surface area contributed by atoms with Crippen LogP contribution in [0.25, 0.3) is 22.5 Å². The zero-order chi connectivity index (χ0) is 21.0. The minimum Gasteiger partial charge on any atom is -0.368 e. The molecule has 154 valence electrons. The second kappa shape index (κ2) is 8.56. The van der Waals surface area contributed by atoms with E-state index in [-0.39, 0.29) is 0 Å². The molecule has 0 bridgehead atoms. The van der Waals surface area contributed by atoms with Crippen LogP contribution < -0.4 is 9.80 Å². The Balaban J connectivity index is 1.46. The zero-order valence-electron chi connectivity index (χ0n) is 17.6. The van der Waals surface area contributed by atoms with Crippen LogP contribution >= 0.6 is 0 Å². The summed E-state index contributed by atoms with van der Waals surface area (Å²) in [5.74, 6) is 0.789. The monoisotopic (exact) mass is 407 g/mol. The molecule has 1 saturated heterocycles. The van der Waals surface area contributed by atoms with Crippen molar-refractivity contribution in [1.29, 1.82) is 0 Å². The maximum Gasteiger partial charge on any atom is 0.226 e. The largest absolute Gasteiger partial charge is 0.368 e. The van der Waals surface area contributed by atoms with Crippen molar-refractivity contribution in [2.45, 2.75) is 6.92 Å². The van der Waals surface area contributed by atoms with E-state index in [0.29, 0.717) is 0 Å². The highest BCUT2D eigenvalue weighted by Gasteiger charge is 2.21. The third-order valence-electron chi connectivity index (χ3n) is 5.72. The van der Waals surface area contributed by atoms with Gasteiger partial charge in [-0.05, 0) is 37.3 Å². The number of aromatic nitrogens is 3. The van der Waals surface area contributed by atoms with E-state index < -0.39 is 0 Å². The molecule has 1 fully saturated rings. The summed E-state index contributed by atoms with van der Waals surface area (Å²) in [6, 6.07) is 25.2. The molecular formula is C26H25N5. The van der Waals surface area contributed by atoms with Gasteiger partial charge in [-0.15, -0.1) is 0 Å². The maximum absolute atomic E-state index is 4.96. The molecule has 1 aliphatic rings. The summed E-state index contributed by atoms with van der Waals surface area (Å²) in [4.78, 5) is 18.8. The molecule has 31 heavy (non-hydrogen) atoms. The predicted molar refractivity (Wildman–Crippen MR) is 126 cm³/mol. The molecule has 3 heterocycles. The van der Waals surface area contributed by atoms with Crippen molar-refractivity contribution < 1.29 is 0 Å². The van der Waals surface area contributed by atoms with Crippen molar-refractivity contribution in [3.8, 4) is 22.5 Å². The molecule has 0 N–H and O–H groups in total. The number of hydrogen-bond donors (Lipinski definition) is 0. The highest BCUT2D eigenvalue weighted by atomic mass is 15.3. The lowest BCUT2D eigenvalue weighted by molar-refractivity contribution is 0.640. The first-order chi connectivity index (χ1) is 15.3. The molecule has 4 aromatic rings. The molecule has 0 atom stereocenters. The second-order valence-electron chi connectivity index (χ2n) is 7.85. The number of hydrogen-bond acceptors (Lipinski definition) is 5. The molecule has 5 rings (SSSR count). The lowest BCUT2D eigenvalue weighted by Crippen LogP contribution is -2.47. The van der Waals surface area contributed by atoms with Crippen LogP contribution in [-0.2, 0) is 0 Å². The van der Waals surface area contributed by atoms with Crippen molar-refractivity contribution in [3.05, 3.63) is 90.8 Å². The zero-order valence-corrected chi connectivity index (χ0v) is 17.6. The van der Waals surface area contributed by atoms with E-state index in [2.05, 4.69) is 82.4 Å². The van der Waals surface area contributed by atoms with Gasteiger partial charge in [0.1, 0.15) is 0 Å². The Bertz CT molecular complexity index is 1140. The van der Waals surface area contributed by atoms with Gasteiger partial charge in [0.05, 0.1) is 11.4 Å². The molecule has 0 amide bonds. The van der Waals surface area contributed by atoms with Crippen LogP contribution in [0.4, 0.5) is 11.6 Å². The molecule has 0 spiro atoms. The van der Waals surface area contributed by atoms with E-state index in [1.807, 2.05) is 12.1 Å².